The maximum Gasteiger partial charge on any atom is 0.250 e. The second-order valence-electron chi connectivity index (χ2n) is 5.92. The van der Waals surface area contributed by atoms with E-state index in [1.165, 1.54) is 30.1 Å². The van der Waals surface area contributed by atoms with Crippen molar-refractivity contribution in [1.82, 2.24) is 20.2 Å². The van der Waals surface area contributed by atoms with Gasteiger partial charge in [-0.05, 0) is 48.9 Å². The lowest BCUT2D eigenvalue weighted by molar-refractivity contribution is -0.118. The van der Waals surface area contributed by atoms with E-state index in [4.69, 9.17) is 4.74 Å². The van der Waals surface area contributed by atoms with Gasteiger partial charge in [0.2, 0.25) is 0 Å². The van der Waals surface area contributed by atoms with Gasteiger partial charge in [0, 0.05) is 12.1 Å². The maximum absolute atomic E-state index is 13.1. The second-order valence-corrected chi connectivity index (χ2v) is 6.86. The zero-order chi connectivity index (χ0) is 20.6. The molecule has 0 unspecified atom stereocenters. The standard InChI is InChI=1S/C20H20FN5O2S/c1-3-26-19(15-7-9-17(28-2)10-8-15)24-25-20(26)29-13-18(27)23-22-12-14-5-4-6-16(21)11-14/h4-12H,3,13H2,1-2H3,(H,23,27). The Morgan fingerprint density at radius 3 is 2.76 bits per heavy atom. The molecule has 1 heterocycles. The lowest BCUT2D eigenvalue weighted by Gasteiger charge is -2.07. The summed E-state index contributed by atoms with van der Waals surface area (Å²) in [5.41, 5.74) is 3.90. The highest BCUT2D eigenvalue weighted by atomic mass is 32.2. The Morgan fingerprint density at radius 2 is 2.07 bits per heavy atom. The molecule has 0 atom stereocenters. The van der Waals surface area contributed by atoms with Gasteiger partial charge in [0.05, 0.1) is 19.1 Å². The summed E-state index contributed by atoms with van der Waals surface area (Å²) < 4.78 is 20.2. The molecule has 3 aromatic rings. The van der Waals surface area contributed by atoms with Crippen molar-refractivity contribution in [3.05, 3.63) is 59.9 Å². The summed E-state index contributed by atoms with van der Waals surface area (Å²) in [5, 5.41) is 12.9. The number of rotatable bonds is 8. The lowest BCUT2D eigenvalue weighted by atomic mass is 10.2. The molecule has 1 amide bonds. The van der Waals surface area contributed by atoms with Crippen LogP contribution in [-0.2, 0) is 11.3 Å². The fraction of sp³-hybridized carbons (Fsp3) is 0.200. The Hall–Kier alpha value is -3.20. The molecule has 1 N–H and O–H groups in total. The van der Waals surface area contributed by atoms with Gasteiger partial charge in [-0.25, -0.2) is 9.82 Å². The number of amides is 1. The van der Waals surface area contributed by atoms with E-state index >= 15 is 0 Å². The van der Waals surface area contributed by atoms with Crippen LogP contribution in [0.1, 0.15) is 12.5 Å². The molecule has 9 heteroatoms. The van der Waals surface area contributed by atoms with E-state index in [0.717, 1.165) is 17.1 Å². The summed E-state index contributed by atoms with van der Waals surface area (Å²) in [6.45, 7) is 2.65. The zero-order valence-corrected chi connectivity index (χ0v) is 16.8. The van der Waals surface area contributed by atoms with Crippen LogP contribution in [0.4, 0.5) is 4.39 Å². The molecule has 0 bridgehead atoms. The van der Waals surface area contributed by atoms with E-state index in [-0.39, 0.29) is 17.5 Å². The van der Waals surface area contributed by atoms with E-state index in [0.29, 0.717) is 17.3 Å². The number of ether oxygens (including phenoxy) is 1. The predicted octanol–water partition coefficient (Wildman–Crippen LogP) is 3.36. The molecule has 0 aliphatic heterocycles. The number of hydrogen-bond donors (Lipinski definition) is 1. The minimum absolute atomic E-state index is 0.126. The van der Waals surface area contributed by atoms with E-state index in [1.54, 1.807) is 19.2 Å². The van der Waals surface area contributed by atoms with Gasteiger partial charge in [0.25, 0.3) is 5.91 Å². The molecule has 0 aliphatic rings. The number of thioether (sulfide) groups is 1. The van der Waals surface area contributed by atoms with Gasteiger partial charge >= 0.3 is 0 Å². The highest BCUT2D eigenvalue weighted by molar-refractivity contribution is 7.99. The SMILES string of the molecule is CCn1c(SCC(=O)NN=Cc2cccc(F)c2)nnc1-c1ccc(OC)cc1. The zero-order valence-electron chi connectivity index (χ0n) is 16.0. The van der Waals surface area contributed by atoms with Crippen LogP contribution in [0.3, 0.4) is 0 Å². The smallest absolute Gasteiger partial charge is 0.250 e. The second kappa shape index (κ2) is 9.83. The number of hydrazone groups is 1. The largest absolute Gasteiger partial charge is 0.497 e. The van der Waals surface area contributed by atoms with Crippen LogP contribution < -0.4 is 10.2 Å². The van der Waals surface area contributed by atoms with Crippen LogP contribution >= 0.6 is 11.8 Å². The monoisotopic (exact) mass is 413 g/mol. The Balaban J connectivity index is 1.60. The number of aromatic nitrogens is 3. The van der Waals surface area contributed by atoms with Crippen molar-refractivity contribution < 1.29 is 13.9 Å². The first-order valence-electron chi connectivity index (χ1n) is 8.88. The van der Waals surface area contributed by atoms with Crippen LogP contribution in [0.15, 0.2) is 58.8 Å². The van der Waals surface area contributed by atoms with Crippen molar-refractivity contribution in [3.8, 4) is 17.1 Å². The predicted molar refractivity (Wildman–Crippen MR) is 111 cm³/mol. The average molecular weight is 413 g/mol. The lowest BCUT2D eigenvalue weighted by Crippen LogP contribution is -2.20. The minimum atomic E-state index is -0.359. The Labute approximate surface area is 172 Å². The third kappa shape index (κ3) is 5.41. The summed E-state index contributed by atoms with van der Waals surface area (Å²) in [6, 6.07) is 13.5. The van der Waals surface area contributed by atoms with Crippen molar-refractivity contribution in [2.45, 2.75) is 18.6 Å². The summed E-state index contributed by atoms with van der Waals surface area (Å²) in [6.07, 6.45) is 1.39. The summed E-state index contributed by atoms with van der Waals surface area (Å²) in [4.78, 5) is 12.0. The van der Waals surface area contributed by atoms with E-state index in [9.17, 15) is 9.18 Å². The number of benzene rings is 2. The summed E-state index contributed by atoms with van der Waals surface area (Å²) in [5.74, 6) is 0.964. The molecular weight excluding hydrogens is 393 g/mol. The van der Waals surface area contributed by atoms with Crippen molar-refractivity contribution in [1.29, 1.82) is 0 Å². The number of hydrogen-bond acceptors (Lipinski definition) is 6. The van der Waals surface area contributed by atoms with Crippen LogP contribution in [0, 0.1) is 5.82 Å². The van der Waals surface area contributed by atoms with Gasteiger partial charge in [-0.15, -0.1) is 10.2 Å². The highest BCUT2D eigenvalue weighted by Gasteiger charge is 2.14. The summed E-state index contributed by atoms with van der Waals surface area (Å²) in [7, 11) is 1.62. The van der Waals surface area contributed by atoms with Crippen molar-refractivity contribution in [3.63, 3.8) is 0 Å². The van der Waals surface area contributed by atoms with Gasteiger partial charge < -0.3 is 9.30 Å². The molecule has 150 valence electrons. The molecule has 3 rings (SSSR count). The van der Waals surface area contributed by atoms with Crippen LogP contribution in [0.25, 0.3) is 11.4 Å². The third-order valence-corrected chi connectivity index (χ3v) is 4.93. The minimum Gasteiger partial charge on any atom is -0.497 e. The molecule has 0 spiro atoms. The molecule has 0 radical (unpaired) electrons. The molecule has 1 aromatic heterocycles. The van der Waals surface area contributed by atoms with Crippen LogP contribution in [0.2, 0.25) is 0 Å². The Bertz CT molecular complexity index is 1000. The van der Waals surface area contributed by atoms with E-state index in [2.05, 4.69) is 20.7 Å². The van der Waals surface area contributed by atoms with Crippen molar-refractivity contribution >= 4 is 23.9 Å². The number of nitrogens with zero attached hydrogens (tertiary/aromatic N) is 4. The maximum atomic E-state index is 13.1. The van der Waals surface area contributed by atoms with Crippen LogP contribution in [0.5, 0.6) is 5.75 Å². The normalized spacial score (nSPS) is 11.0. The first kappa shape index (κ1) is 20.5. The molecule has 29 heavy (non-hydrogen) atoms. The topological polar surface area (TPSA) is 81.4 Å². The fourth-order valence-electron chi connectivity index (χ4n) is 2.56. The first-order chi connectivity index (χ1) is 14.1. The average Bonchev–Trinajstić information content (AvgIpc) is 3.15. The number of carbonyl (C=O) groups is 1. The number of halogens is 1. The molecule has 7 nitrogen and oxygen atoms in total. The van der Waals surface area contributed by atoms with Gasteiger partial charge in [0.1, 0.15) is 11.6 Å². The molecule has 0 saturated heterocycles. The fourth-order valence-corrected chi connectivity index (χ4v) is 3.36. The van der Waals surface area contributed by atoms with E-state index in [1.807, 2.05) is 35.8 Å². The Morgan fingerprint density at radius 1 is 1.28 bits per heavy atom. The van der Waals surface area contributed by atoms with Gasteiger partial charge in [-0.2, -0.15) is 5.10 Å². The van der Waals surface area contributed by atoms with Crippen LogP contribution in [-0.4, -0.2) is 39.7 Å². The third-order valence-electron chi connectivity index (χ3n) is 3.97. The Kier molecular flexibility index (Phi) is 6.96. The number of nitrogens with one attached hydrogen (secondary N) is 1. The summed E-state index contributed by atoms with van der Waals surface area (Å²) >= 11 is 1.27. The highest BCUT2D eigenvalue weighted by Crippen LogP contribution is 2.25. The molecular formula is C20H20FN5O2S. The van der Waals surface area contributed by atoms with Gasteiger partial charge in [0.15, 0.2) is 11.0 Å². The number of methoxy groups -OCH3 is 1. The molecule has 2 aromatic carbocycles. The first-order valence-corrected chi connectivity index (χ1v) is 9.87. The van der Waals surface area contributed by atoms with Crippen molar-refractivity contribution in [2.75, 3.05) is 12.9 Å². The molecule has 0 fully saturated rings. The molecule has 0 saturated carbocycles. The van der Waals surface area contributed by atoms with E-state index < -0.39 is 0 Å². The van der Waals surface area contributed by atoms with Crippen molar-refractivity contribution in [2.24, 2.45) is 5.10 Å². The van der Waals surface area contributed by atoms with Gasteiger partial charge in [-0.3, -0.25) is 4.79 Å². The number of carbonyl (C=O) groups excluding carboxylic acids is 1. The quantitative estimate of drug-likeness (QED) is 0.348. The molecule has 0 aliphatic carbocycles. The van der Waals surface area contributed by atoms with Gasteiger partial charge in [-0.1, -0.05) is 23.9 Å².